The maximum Gasteiger partial charge on any atom is 0.174 e. The first kappa shape index (κ1) is 15.6. The smallest absolute Gasteiger partial charge is 0.174 e. The van der Waals surface area contributed by atoms with E-state index >= 15 is 0 Å². The van der Waals surface area contributed by atoms with Crippen LogP contribution in [0.1, 0.15) is 24.1 Å². The van der Waals surface area contributed by atoms with Gasteiger partial charge >= 0.3 is 0 Å². The molecule has 0 amide bonds. The predicted molar refractivity (Wildman–Crippen MR) is 86.9 cm³/mol. The van der Waals surface area contributed by atoms with Gasteiger partial charge in [-0.3, -0.25) is 0 Å². The molecule has 108 valence electrons. The SMILES string of the molecule is CC(NCc1ccccc1Br)c1ccc(OCC#N)cc1. The molecule has 0 aliphatic carbocycles. The van der Waals surface area contributed by atoms with Gasteiger partial charge in [0.2, 0.25) is 0 Å². The Hall–Kier alpha value is -1.83. The van der Waals surface area contributed by atoms with Crippen molar-refractivity contribution in [3.8, 4) is 11.8 Å². The third-order valence-corrected chi connectivity index (χ3v) is 4.01. The van der Waals surface area contributed by atoms with E-state index in [4.69, 9.17) is 10.00 Å². The van der Waals surface area contributed by atoms with E-state index in [1.54, 1.807) is 0 Å². The van der Waals surface area contributed by atoms with Crippen molar-refractivity contribution in [2.24, 2.45) is 0 Å². The summed E-state index contributed by atoms with van der Waals surface area (Å²) in [6.45, 7) is 3.01. The molecule has 1 unspecified atom stereocenters. The molecule has 0 fully saturated rings. The van der Waals surface area contributed by atoms with Crippen LogP contribution in [0.5, 0.6) is 5.75 Å². The van der Waals surface area contributed by atoms with E-state index in [-0.39, 0.29) is 12.6 Å². The maximum absolute atomic E-state index is 8.48. The first-order valence-electron chi connectivity index (χ1n) is 6.77. The Morgan fingerprint density at radius 1 is 1.19 bits per heavy atom. The number of hydrogen-bond donors (Lipinski definition) is 1. The summed E-state index contributed by atoms with van der Waals surface area (Å²) < 4.78 is 6.36. The quantitative estimate of drug-likeness (QED) is 0.853. The molecule has 0 radical (unpaired) electrons. The van der Waals surface area contributed by atoms with Gasteiger partial charge in [0.05, 0.1) is 0 Å². The third-order valence-electron chi connectivity index (χ3n) is 3.24. The van der Waals surface area contributed by atoms with Crippen molar-refractivity contribution in [3.63, 3.8) is 0 Å². The summed E-state index contributed by atoms with van der Waals surface area (Å²) in [5.41, 5.74) is 2.42. The standard InChI is InChI=1S/C17H17BrN2O/c1-13(20-12-15-4-2-3-5-17(15)18)14-6-8-16(9-7-14)21-11-10-19/h2-9,13,20H,11-12H2,1H3. The Morgan fingerprint density at radius 2 is 1.90 bits per heavy atom. The van der Waals surface area contributed by atoms with Gasteiger partial charge in [0.25, 0.3) is 0 Å². The van der Waals surface area contributed by atoms with Crippen LogP contribution in [0.4, 0.5) is 0 Å². The van der Waals surface area contributed by atoms with Gasteiger partial charge < -0.3 is 10.1 Å². The summed E-state index contributed by atoms with van der Waals surface area (Å²) in [6, 6.07) is 18.2. The van der Waals surface area contributed by atoms with Crippen LogP contribution in [0.15, 0.2) is 53.0 Å². The van der Waals surface area contributed by atoms with E-state index in [1.807, 2.05) is 48.5 Å². The summed E-state index contributed by atoms with van der Waals surface area (Å²) in [7, 11) is 0. The Kier molecular flexibility index (Phi) is 5.79. The Labute approximate surface area is 133 Å². The minimum atomic E-state index is 0.0786. The zero-order valence-corrected chi connectivity index (χ0v) is 13.4. The van der Waals surface area contributed by atoms with E-state index in [0.29, 0.717) is 0 Å². The highest BCUT2D eigenvalue weighted by Crippen LogP contribution is 2.20. The lowest BCUT2D eigenvalue weighted by atomic mass is 10.1. The molecule has 0 aliphatic rings. The van der Waals surface area contributed by atoms with Crippen LogP contribution in [0, 0.1) is 11.3 Å². The highest BCUT2D eigenvalue weighted by Gasteiger charge is 2.06. The average Bonchev–Trinajstić information content (AvgIpc) is 2.52. The molecule has 3 nitrogen and oxygen atoms in total. The molecule has 0 spiro atoms. The fraction of sp³-hybridized carbons (Fsp3) is 0.235. The molecule has 1 atom stereocenters. The molecule has 0 heterocycles. The van der Waals surface area contributed by atoms with Gasteiger partial charge in [-0.05, 0) is 36.2 Å². The van der Waals surface area contributed by atoms with E-state index in [9.17, 15) is 0 Å². The van der Waals surface area contributed by atoms with Crippen LogP contribution in [0.2, 0.25) is 0 Å². The lowest BCUT2D eigenvalue weighted by molar-refractivity contribution is 0.368. The monoisotopic (exact) mass is 344 g/mol. The molecular formula is C17H17BrN2O. The molecule has 0 aromatic heterocycles. The maximum atomic E-state index is 8.48. The lowest BCUT2D eigenvalue weighted by Gasteiger charge is -2.15. The van der Waals surface area contributed by atoms with Crippen molar-refractivity contribution in [1.82, 2.24) is 5.32 Å². The van der Waals surface area contributed by atoms with E-state index in [2.05, 4.69) is 34.2 Å². The van der Waals surface area contributed by atoms with Crippen molar-refractivity contribution in [1.29, 1.82) is 5.26 Å². The Bertz CT molecular complexity index is 619. The summed E-state index contributed by atoms with van der Waals surface area (Å²) in [5.74, 6) is 0.721. The van der Waals surface area contributed by atoms with Crippen molar-refractivity contribution in [3.05, 3.63) is 64.1 Å². The topological polar surface area (TPSA) is 45.0 Å². The molecule has 4 heteroatoms. The number of nitrogens with one attached hydrogen (secondary N) is 1. The average molecular weight is 345 g/mol. The molecule has 0 saturated heterocycles. The number of rotatable bonds is 6. The Balaban J connectivity index is 1.93. The van der Waals surface area contributed by atoms with Gasteiger partial charge in [-0.1, -0.05) is 46.3 Å². The van der Waals surface area contributed by atoms with Gasteiger partial charge in [0, 0.05) is 17.1 Å². The summed E-state index contributed by atoms with van der Waals surface area (Å²) in [6.07, 6.45) is 0. The van der Waals surface area contributed by atoms with E-state index in [1.165, 1.54) is 11.1 Å². The van der Waals surface area contributed by atoms with Gasteiger partial charge in [0.15, 0.2) is 6.61 Å². The zero-order valence-electron chi connectivity index (χ0n) is 11.8. The highest BCUT2D eigenvalue weighted by molar-refractivity contribution is 9.10. The first-order valence-corrected chi connectivity index (χ1v) is 7.56. The fourth-order valence-electron chi connectivity index (χ4n) is 1.99. The van der Waals surface area contributed by atoms with Gasteiger partial charge in [0.1, 0.15) is 11.8 Å². The summed E-state index contributed by atoms with van der Waals surface area (Å²) in [4.78, 5) is 0. The number of nitrogens with zero attached hydrogens (tertiary/aromatic N) is 1. The molecule has 1 N–H and O–H groups in total. The molecule has 2 rings (SSSR count). The zero-order chi connectivity index (χ0) is 15.1. The molecule has 0 saturated carbocycles. The Morgan fingerprint density at radius 3 is 2.57 bits per heavy atom. The summed E-state index contributed by atoms with van der Waals surface area (Å²) in [5, 5.41) is 12.0. The minimum Gasteiger partial charge on any atom is -0.479 e. The van der Waals surface area contributed by atoms with Gasteiger partial charge in [-0.2, -0.15) is 5.26 Å². The minimum absolute atomic E-state index is 0.0786. The molecule has 2 aromatic carbocycles. The fourth-order valence-corrected chi connectivity index (χ4v) is 2.42. The molecule has 0 bridgehead atoms. The largest absolute Gasteiger partial charge is 0.479 e. The second-order valence-corrected chi connectivity index (χ2v) is 5.56. The van der Waals surface area contributed by atoms with Crippen LogP contribution >= 0.6 is 15.9 Å². The number of ether oxygens (including phenoxy) is 1. The van der Waals surface area contributed by atoms with Crippen molar-refractivity contribution < 1.29 is 4.74 Å². The van der Waals surface area contributed by atoms with E-state index < -0.39 is 0 Å². The van der Waals surface area contributed by atoms with Crippen molar-refractivity contribution in [2.75, 3.05) is 6.61 Å². The number of hydrogen-bond acceptors (Lipinski definition) is 3. The molecule has 0 aliphatic heterocycles. The highest BCUT2D eigenvalue weighted by atomic mass is 79.9. The summed E-state index contributed by atoms with van der Waals surface area (Å²) >= 11 is 3.55. The lowest BCUT2D eigenvalue weighted by Crippen LogP contribution is -2.18. The van der Waals surface area contributed by atoms with Crippen LogP contribution in [-0.4, -0.2) is 6.61 Å². The third kappa shape index (κ3) is 4.59. The van der Waals surface area contributed by atoms with Crippen LogP contribution in [-0.2, 0) is 6.54 Å². The van der Waals surface area contributed by atoms with Crippen molar-refractivity contribution >= 4 is 15.9 Å². The van der Waals surface area contributed by atoms with Crippen LogP contribution in [0.25, 0.3) is 0 Å². The first-order chi connectivity index (χ1) is 10.2. The number of nitriles is 1. The second kappa shape index (κ2) is 7.82. The van der Waals surface area contributed by atoms with Crippen molar-refractivity contribution in [2.45, 2.75) is 19.5 Å². The predicted octanol–water partition coefficient (Wildman–Crippen LogP) is 4.20. The van der Waals surface area contributed by atoms with Crippen LogP contribution < -0.4 is 10.1 Å². The van der Waals surface area contributed by atoms with Gasteiger partial charge in [-0.25, -0.2) is 0 Å². The molecule has 2 aromatic rings. The number of halogens is 1. The molecular weight excluding hydrogens is 328 g/mol. The van der Waals surface area contributed by atoms with E-state index in [0.717, 1.165) is 16.8 Å². The second-order valence-electron chi connectivity index (χ2n) is 4.71. The molecule has 21 heavy (non-hydrogen) atoms. The van der Waals surface area contributed by atoms with Crippen LogP contribution in [0.3, 0.4) is 0 Å². The van der Waals surface area contributed by atoms with Gasteiger partial charge in [-0.15, -0.1) is 0 Å². The normalized spacial score (nSPS) is 11.7. The number of benzene rings is 2.